The molecule has 3 rings (SSSR count). The van der Waals surface area contributed by atoms with Crippen LogP contribution >= 0.6 is 0 Å². The highest BCUT2D eigenvalue weighted by Gasteiger charge is 2.33. The molecular weight excluding hydrogens is 294 g/mol. The standard InChI is InChI=1S/C17H21N3O3/c1-12-9-15(19-23-12)18-17(22)16(14-5-3-2-4-6-14)20-8-7-13(10-20)11-21/h2-6,9,13,16,21H,7-8,10-11H2,1H3,(H,18,19,22). The molecule has 2 heterocycles. The van der Waals surface area contributed by atoms with Crippen LogP contribution in [0.4, 0.5) is 5.82 Å². The summed E-state index contributed by atoms with van der Waals surface area (Å²) in [4.78, 5) is 14.9. The van der Waals surface area contributed by atoms with Crippen LogP contribution in [0.1, 0.15) is 23.8 Å². The van der Waals surface area contributed by atoms with Gasteiger partial charge in [0, 0.05) is 19.2 Å². The molecule has 23 heavy (non-hydrogen) atoms. The van der Waals surface area contributed by atoms with Crippen molar-refractivity contribution >= 4 is 11.7 Å². The van der Waals surface area contributed by atoms with Gasteiger partial charge in [-0.3, -0.25) is 9.69 Å². The van der Waals surface area contributed by atoms with Crippen LogP contribution in [-0.2, 0) is 4.79 Å². The summed E-state index contributed by atoms with van der Waals surface area (Å²) < 4.78 is 5.00. The minimum Gasteiger partial charge on any atom is -0.396 e. The Labute approximate surface area is 135 Å². The first-order valence-electron chi connectivity index (χ1n) is 7.81. The lowest BCUT2D eigenvalue weighted by atomic mass is 10.0. The summed E-state index contributed by atoms with van der Waals surface area (Å²) in [5.41, 5.74) is 0.934. The molecule has 0 bridgehead atoms. The second-order valence-corrected chi connectivity index (χ2v) is 5.96. The Kier molecular flexibility index (Phi) is 4.73. The molecule has 1 aliphatic rings. The fraction of sp³-hybridized carbons (Fsp3) is 0.412. The number of aliphatic hydroxyl groups is 1. The van der Waals surface area contributed by atoms with Crippen molar-refractivity contribution in [1.29, 1.82) is 0 Å². The van der Waals surface area contributed by atoms with E-state index in [1.165, 1.54) is 0 Å². The van der Waals surface area contributed by atoms with Crippen molar-refractivity contribution in [3.05, 3.63) is 47.7 Å². The number of benzene rings is 1. The number of hydrogen-bond acceptors (Lipinski definition) is 5. The minimum absolute atomic E-state index is 0.136. The van der Waals surface area contributed by atoms with Gasteiger partial charge in [0.15, 0.2) is 5.82 Å². The average molecular weight is 315 g/mol. The molecule has 0 radical (unpaired) electrons. The van der Waals surface area contributed by atoms with Crippen molar-refractivity contribution in [1.82, 2.24) is 10.1 Å². The van der Waals surface area contributed by atoms with E-state index >= 15 is 0 Å². The number of aryl methyl sites for hydroxylation is 1. The molecule has 1 aromatic heterocycles. The summed E-state index contributed by atoms with van der Waals surface area (Å²) in [7, 11) is 0. The molecule has 2 N–H and O–H groups in total. The van der Waals surface area contributed by atoms with Gasteiger partial charge in [0.05, 0.1) is 0 Å². The first kappa shape index (κ1) is 15.7. The maximum Gasteiger partial charge on any atom is 0.247 e. The fourth-order valence-electron chi connectivity index (χ4n) is 3.03. The topological polar surface area (TPSA) is 78.6 Å². The molecular formula is C17H21N3O3. The van der Waals surface area contributed by atoms with Gasteiger partial charge in [0.1, 0.15) is 11.8 Å². The molecule has 1 saturated heterocycles. The quantitative estimate of drug-likeness (QED) is 0.882. The zero-order chi connectivity index (χ0) is 16.2. The number of likely N-dealkylation sites (tertiary alicyclic amines) is 1. The van der Waals surface area contributed by atoms with E-state index in [9.17, 15) is 9.90 Å². The summed E-state index contributed by atoms with van der Waals surface area (Å²) in [6, 6.07) is 11.0. The zero-order valence-corrected chi connectivity index (χ0v) is 13.1. The van der Waals surface area contributed by atoms with Gasteiger partial charge < -0.3 is 14.9 Å². The second-order valence-electron chi connectivity index (χ2n) is 5.96. The van der Waals surface area contributed by atoms with Crippen molar-refractivity contribution < 1.29 is 14.4 Å². The summed E-state index contributed by atoms with van der Waals surface area (Å²) in [6.45, 7) is 3.43. The molecule has 1 aromatic carbocycles. The largest absolute Gasteiger partial charge is 0.396 e. The molecule has 1 fully saturated rings. The van der Waals surface area contributed by atoms with Crippen molar-refractivity contribution in [2.75, 3.05) is 25.0 Å². The predicted molar refractivity (Wildman–Crippen MR) is 85.8 cm³/mol. The third-order valence-electron chi connectivity index (χ3n) is 4.18. The third-order valence-corrected chi connectivity index (χ3v) is 4.18. The molecule has 1 amide bonds. The molecule has 6 nitrogen and oxygen atoms in total. The number of aliphatic hydroxyl groups excluding tert-OH is 1. The molecule has 0 aliphatic carbocycles. The maximum absolute atomic E-state index is 12.8. The van der Waals surface area contributed by atoms with Crippen molar-refractivity contribution in [3.8, 4) is 0 Å². The minimum atomic E-state index is -0.398. The first-order chi connectivity index (χ1) is 11.2. The number of nitrogens with zero attached hydrogens (tertiary/aromatic N) is 2. The molecule has 2 atom stereocenters. The van der Waals surface area contributed by atoms with E-state index < -0.39 is 6.04 Å². The molecule has 2 unspecified atom stereocenters. The predicted octanol–water partition coefficient (Wildman–Crippen LogP) is 1.98. The highest BCUT2D eigenvalue weighted by Crippen LogP contribution is 2.28. The van der Waals surface area contributed by atoms with E-state index in [4.69, 9.17) is 4.52 Å². The van der Waals surface area contributed by atoms with Crippen molar-refractivity contribution in [2.45, 2.75) is 19.4 Å². The van der Waals surface area contributed by atoms with Crippen LogP contribution < -0.4 is 5.32 Å². The van der Waals surface area contributed by atoms with Gasteiger partial charge in [0.2, 0.25) is 5.91 Å². The number of nitrogens with one attached hydrogen (secondary N) is 1. The average Bonchev–Trinajstić information content (AvgIpc) is 3.18. The second kappa shape index (κ2) is 6.93. The van der Waals surface area contributed by atoms with Gasteiger partial charge in [-0.1, -0.05) is 35.5 Å². The lowest BCUT2D eigenvalue weighted by Crippen LogP contribution is -2.36. The summed E-state index contributed by atoms with van der Waals surface area (Å²) in [6.07, 6.45) is 0.899. The van der Waals surface area contributed by atoms with Crippen LogP contribution in [0.5, 0.6) is 0 Å². The van der Waals surface area contributed by atoms with Crippen molar-refractivity contribution in [2.24, 2.45) is 5.92 Å². The van der Waals surface area contributed by atoms with Crippen LogP contribution in [0, 0.1) is 12.8 Å². The van der Waals surface area contributed by atoms with Crippen LogP contribution in [-0.4, -0.2) is 40.8 Å². The maximum atomic E-state index is 12.8. The molecule has 2 aromatic rings. The summed E-state index contributed by atoms with van der Waals surface area (Å²) >= 11 is 0. The molecule has 1 aliphatic heterocycles. The lowest BCUT2D eigenvalue weighted by Gasteiger charge is -2.27. The van der Waals surface area contributed by atoms with Gasteiger partial charge in [-0.25, -0.2) is 0 Å². The number of amides is 1. The van der Waals surface area contributed by atoms with E-state index in [1.54, 1.807) is 13.0 Å². The van der Waals surface area contributed by atoms with E-state index in [2.05, 4.69) is 15.4 Å². The third kappa shape index (κ3) is 3.60. The van der Waals surface area contributed by atoms with Crippen LogP contribution in [0.3, 0.4) is 0 Å². The first-order valence-corrected chi connectivity index (χ1v) is 7.81. The highest BCUT2D eigenvalue weighted by atomic mass is 16.5. The van der Waals surface area contributed by atoms with E-state index in [0.29, 0.717) is 18.1 Å². The Morgan fingerprint density at radius 3 is 2.87 bits per heavy atom. The van der Waals surface area contributed by atoms with Crippen molar-refractivity contribution in [3.63, 3.8) is 0 Å². The van der Waals surface area contributed by atoms with Crippen LogP contribution in [0.15, 0.2) is 40.9 Å². The monoisotopic (exact) mass is 315 g/mol. The highest BCUT2D eigenvalue weighted by molar-refractivity contribution is 5.94. The smallest absolute Gasteiger partial charge is 0.247 e. The number of carbonyl (C=O) groups excluding carboxylic acids is 1. The van der Waals surface area contributed by atoms with E-state index in [1.807, 2.05) is 30.3 Å². The Balaban J connectivity index is 1.81. The normalized spacial score (nSPS) is 19.7. The SMILES string of the molecule is Cc1cc(NC(=O)C(c2ccccc2)N2CCC(CO)C2)no1. The van der Waals surface area contributed by atoms with Crippen LogP contribution in [0.25, 0.3) is 0 Å². The fourth-order valence-corrected chi connectivity index (χ4v) is 3.03. The van der Waals surface area contributed by atoms with Gasteiger partial charge in [0.25, 0.3) is 0 Å². The number of hydrogen-bond donors (Lipinski definition) is 2. The molecule has 122 valence electrons. The Morgan fingerprint density at radius 1 is 1.48 bits per heavy atom. The number of anilines is 1. The van der Waals surface area contributed by atoms with E-state index in [0.717, 1.165) is 18.5 Å². The molecule has 0 spiro atoms. The number of rotatable bonds is 5. The Bertz CT molecular complexity index is 656. The molecule has 6 heteroatoms. The molecule has 0 saturated carbocycles. The Morgan fingerprint density at radius 2 is 2.26 bits per heavy atom. The van der Waals surface area contributed by atoms with Crippen LogP contribution in [0.2, 0.25) is 0 Å². The van der Waals surface area contributed by atoms with Gasteiger partial charge in [-0.15, -0.1) is 0 Å². The lowest BCUT2D eigenvalue weighted by molar-refractivity contribution is -0.121. The van der Waals surface area contributed by atoms with E-state index in [-0.39, 0.29) is 18.4 Å². The zero-order valence-electron chi connectivity index (χ0n) is 13.1. The van der Waals surface area contributed by atoms with Gasteiger partial charge in [-0.2, -0.15) is 0 Å². The van der Waals surface area contributed by atoms with Gasteiger partial charge >= 0.3 is 0 Å². The summed E-state index contributed by atoms with van der Waals surface area (Å²) in [5.74, 6) is 1.16. The number of aromatic nitrogens is 1. The summed E-state index contributed by atoms with van der Waals surface area (Å²) in [5, 5.41) is 16.0. The van der Waals surface area contributed by atoms with Gasteiger partial charge in [-0.05, 0) is 31.4 Å². The number of carbonyl (C=O) groups is 1. The Hall–Kier alpha value is -2.18.